The minimum absolute atomic E-state index is 0.00255. The maximum atomic E-state index is 11.8. The molecule has 0 amide bonds. The molecule has 0 aliphatic carbocycles. The van der Waals surface area contributed by atoms with Crippen molar-refractivity contribution >= 4 is 9.84 Å². The Morgan fingerprint density at radius 3 is 2.69 bits per heavy atom. The largest absolute Gasteiger partial charge is 0.497 e. The lowest BCUT2D eigenvalue weighted by Gasteiger charge is -2.10. The van der Waals surface area contributed by atoms with Crippen LogP contribution in [0.15, 0.2) is 24.3 Å². The van der Waals surface area contributed by atoms with E-state index in [-0.39, 0.29) is 12.3 Å². The van der Waals surface area contributed by atoms with E-state index >= 15 is 0 Å². The van der Waals surface area contributed by atoms with E-state index in [0.717, 1.165) is 5.56 Å². The van der Waals surface area contributed by atoms with E-state index in [0.29, 0.717) is 5.75 Å². The first-order valence-corrected chi connectivity index (χ1v) is 6.75. The molecule has 90 valence electrons. The van der Waals surface area contributed by atoms with E-state index < -0.39 is 15.1 Å². The SMILES string of the molecule is COc1cccc(CS(=O)(=O)C(C)CN)c1. The molecule has 4 nitrogen and oxygen atoms in total. The first kappa shape index (κ1) is 13.0. The molecule has 5 heteroatoms. The van der Waals surface area contributed by atoms with Crippen LogP contribution in [0.1, 0.15) is 12.5 Å². The van der Waals surface area contributed by atoms with Gasteiger partial charge in [0.15, 0.2) is 9.84 Å². The fourth-order valence-corrected chi connectivity index (χ4v) is 2.51. The second-order valence-corrected chi connectivity index (χ2v) is 6.12. The molecule has 0 radical (unpaired) electrons. The lowest BCUT2D eigenvalue weighted by molar-refractivity contribution is 0.414. The van der Waals surface area contributed by atoms with E-state index in [4.69, 9.17) is 10.5 Å². The van der Waals surface area contributed by atoms with Crippen LogP contribution in [-0.2, 0) is 15.6 Å². The molecule has 1 aromatic rings. The predicted octanol–water partition coefficient (Wildman–Crippen LogP) is 0.957. The summed E-state index contributed by atoms with van der Waals surface area (Å²) in [6, 6.07) is 7.05. The van der Waals surface area contributed by atoms with Gasteiger partial charge in [-0.25, -0.2) is 8.42 Å². The van der Waals surface area contributed by atoms with Gasteiger partial charge in [0.2, 0.25) is 0 Å². The van der Waals surface area contributed by atoms with Crippen LogP contribution in [0.3, 0.4) is 0 Å². The zero-order valence-corrected chi connectivity index (χ0v) is 10.3. The molecule has 0 bridgehead atoms. The zero-order chi connectivity index (χ0) is 12.2. The van der Waals surface area contributed by atoms with Gasteiger partial charge >= 0.3 is 0 Å². The summed E-state index contributed by atoms with van der Waals surface area (Å²) in [5.41, 5.74) is 6.09. The smallest absolute Gasteiger partial charge is 0.158 e. The fourth-order valence-electron chi connectivity index (χ4n) is 1.28. The van der Waals surface area contributed by atoms with Crippen molar-refractivity contribution in [3.05, 3.63) is 29.8 Å². The number of ether oxygens (including phenoxy) is 1. The monoisotopic (exact) mass is 243 g/mol. The average Bonchev–Trinajstić information content (AvgIpc) is 2.27. The summed E-state index contributed by atoms with van der Waals surface area (Å²) < 4.78 is 28.7. The summed E-state index contributed by atoms with van der Waals surface area (Å²) in [5.74, 6) is 0.663. The van der Waals surface area contributed by atoms with Gasteiger partial charge in [-0.15, -0.1) is 0 Å². The summed E-state index contributed by atoms with van der Waals surface area (Å²) in [6.45, 7) is 1.77. The molecule has 1 atom stereocenters. The standard InChI is InChI=1S/C11H17NO3S/c1-9(7-12)16(13,14)8-10-4-3-5-11(6-10)15-2/h3-6,9H,7-8,12H2,1-2H3. The molecule has 0 heterocycles. The molecule has 0 fully saturated rings. The molecular weight excluding hydrogens is 226 g/mol. The Kier molecular flexibility index (Phi) is 4.32. The highest BCUT2D eigenvalue weighted by Gasteiger charge is 2.19. The maximum Gasteiger partial charge on any atom is 0.158 e. The minimum Gasteiger partial charge on any atom is -0.497 e. The van der Waals surface area contributed by atoms with Gasteiger partial charge in [-0.3, -0.25) is 0 Å². The molecule has 0 aliphatic heterocycles. The van der Waals surface area contributed by atoms with Crippen molar-refractivity contribution in [1.29, 1.82) is 0 Å². The lowest BCUT2D eigenvalue weighted by Crippen LogP contribution is -2.27. The van der Waals surface area contributed by atoms with Gasteiger partial charge in [-0.1, -0.05) is 12.1 Å². The summed E-state index contributed by atoms with van der Waals surface area (Å²) in [6.07, 6.45) is 0. The van der Waals surface area contributed by atoms with Gasteiger partial charge in [-0.05, 0) is 24.6 Å². The molecule has 1 rings (SSSR count). The van der Waals surface area contributed by atoms with Crippen molar-refractivity contribution in [2.45, 2.75) is 17.9 Å². The third-order valence-electron chi connectivity index (χ3n) is 2.45. The number of methoxy groups -OCH3 is 1. The first-order valence-electron chi connectivity index (χ1n) is 5.04. The van der Waals surface area contributed by atoms with Crippen molar-refractivity contribution in [2.24, 2.45) is 5.73 Å². The van der Waals surface area contributed by atoms with Crippen molar-refractivity contribution < 1.29 is 13.2 Å². The van der Waals surface area contributed by atoms with E-state index in [1.807, 2.05) is 0 Å². The highest BCUT2D eigenvalue weighted by Crippen LogP contribution is 2.16. The molecule has 0 aromatic heterocycles. The Hall–Kier alpha value is -1.07. The third kappa shape index (κ3) is 3.21. The lowest BCUT2D eigenvalue weighted by atomic mass is 10.2. The van der Waals surface area contributed by atoms with Gasteiger partial charge in [0.1, 0.15) is 5.75 Å². The van der Waals surface area contributed by atoms with Gasteiger partial charge in [-0.2, -0.15) is 0 Å². The highest BCUT2D eigenvalue weighted by molar-refractivity contribution is 7.91. The topological polar surface area (TPSA) is 69.4 Å². The normalized spacial score (nSPS) is 13.4. The Morgan fingerprint density at radius 1 is 1.44 bits per heavy atom. The van der Waals surface area contributed by atoms with E-state index in [1.165, 1.54) is 0 Å². The van der Waals surface area contributed by atoms with Crippen LogP contribution in [0.4, 0.5) is 0 Å². The third-order valence-corrected chi connectivity index (χ3v) is 4.60. The molecule has 2 N–H and O–H groups in total. The second kappa shape index (κ2) is 5.32. The molecule has 1 aromatic carbocycles. The second-order valence-electron chi connectivity index (χ2n) is 3.71. The number of sulfone groups is 1. The number of nitrogens with two attached hydrogens (primary N) is 1. The van der Waals surface area contributed by atoms with Crippen molar-refractivity contribution in [3.8, 4) is 5.75 Å². The van der Waals surface area contributed by atoms with Crippen LogP contribution in [0.2, 0.25) is 0 Å². The van der Waals surface area contributed by atoms with Gasteiger partial charge in [0, 0.05) is 6.54 Å². The molecular formula is C11H17NO3S. The molecule has 0 spiro atoms. The Morgan fingerprint density at radius 2 is 2.12 bits per heavy atom. The van der Waals surface area contributed by atoms with E-state index in [9.17, 15) is 8.42 Å². The van der Waals surface area contributed by atoms with Crippen LogP contribution in [0.5, 0.6) is 5.75 Å². The number of benzene rings is 1. The molecule has 0 aliphatic rings. The van der Waals surface area contributed by atoms with Crippen LogP contribution in [0, 0.1) is 0 Å². The van der Waals surface area contributed by atoms with Gasteiger partial charge < -0.3 is 10.5 Å². The van der Waals surface area contributed by atoms with E-state index in [1.54, 1.807) is 38.3 Å². The summed E-state index contributed by atoms with van der Waals surface area (Å²) in [7, 11) is -1.62. The number of hydrogen-bond donors (Lipinski definition) is 1. The predicted molar refractivity (Wildman–Crippen MR) is 64.1 cm³/mol. The highest BCUT2D eigenvalue weighted by atomic mass is 32.2. The van der Waals surface area contributed by atoms with Crippen LogP contribution in [0.25, 0.3) is 0 Å². The van der Waals surface area contributed by atoms with Crippen LogP contribution < -0.4 is 10.5 Å². The van der Waals surface area contributed by atoms with Crippen LogP contribution in [-0.4, -0.2) is 27.3 Å². The molecule has 0 saturated heterocycles. The van der Waals surface area contributed by atoms with Crippen molar-refractivity contribution in [2.75, 3.05) is 13.7 Å². The molecule has 1 unspecified atom stereocenters. The fraction of sp³-hybridized carbons (Fsp3) is 0.455. The zero-order valence-electron chi connectivity index (χ0n) is 9.51. The quantitative estimate of drug-likeness (QED) is 0.836. The Bertz CT molecular complexity index is 442. The first-order chi connectivity index (χ1) is 7.49. The summed E-state index contributed by atoms with van der Waals surface area (Å²) in [5, 5.41) is -0.515. The molecule has 0 saturated carbocycles. The number of hydrogen-bond acceptors (Lipinski definition) is 4. The van der Waals surface area contributed by atoms with Gasteiger partial charge in [0.05, 0.1) is 18.1 Å². The van der Waals surface area contributed by atoms with Crippen molar-refractivity contribution in [1.82, 2.24) is 0 Å². The summed E-state index contributed by atoms with van der Waals surface area (Å²) in [4.78, 5) is 0. The van der Waals surface area contributed by atoms with Crippen molar-refractivity contribution in [3.63, 3.8) is 0 Å². The van der Waals surface area contributed by atoms with Gasteiger partial charge in [0.25, 0.3) is 0 Å². The Balaban J connectivity index is 2.88. The minimum atomic E-state index is -3.17. The maximum absolute atomic E-state index is 11.8. The number of rotatable bonds is 5. The average molecular weight is 243 g/mol. The Labute approximate surface area is 96.3 Å². The van der Waals surface area contributed by atoms with Crippen LogP contribution >= 0.6 is 0 Å². The molecule has 16 heavy (non-hydrogen) atoms. The summed E-state index contributed by atoms with van der Waals surface area (Å²) >= 11 is 0. The van der Waals surface area contributed by atoms with E-state index in [2.05, 4.69) is 0 Å².